The Balaban J connectivity index is 4.47. The van der Waals surface area contributed by atoms with Crippen molar-refractivity contribution in [2.75, 3.05) is 0 Å². The molecule has 0 aromatic heterocycles. The van der Waals surface area contributed by atoms with E-state index in [1.54, 1.807) is 0 Å². The van der Waals surface area contributed by atoms with Gasteiger partial charge in [-0.3, -0.25) is 25.0 Å². The van der Waals surface area contributed by atoms with Crippen molar-refractivity contribution in [3.8, 4) is 0 Å². The molecule has 0 saturated carbocycles. The summed E-state index contributed by atoms with van der Waals surface area (Å²) >= 11 is 0. The number of carboxylic acids is 1. The molecule has 0 saturated heterocycles. The topological polar surface area (TPSA) is 124 Å². The molecule has 0 amide bonds. The summed E-state index contributed by atoms with van der Waals surface area (Å²) in [7, 11) is 0. The van der Waals surface area contributed by atoms with Crippen LogP contribution in [0.4, 0.5) is 0 Å². The first-order valence-corrected chi connectivity index (χ1v) is 6.57. The summed E-state index contributed by atoms with van der Waals surface area (Å²) in [5.41, 5.74) is -0.0710. The van der Waals surface area contributed by atoms with E-state index in [1.807, 2.05) is 6.92 Å². The highest BCUT2D eigenvalue weighted by Crippen LogP contribution is 2.14. The normalized spacial score (nSPS) is 12.9. The average Bonchev–Trinajstić information content (AvgIpc) is 2.35. The lowest BCUT2D eigenvalue weighted by Gasteiger charge is -2.06. The summed E-state index contributed by atoms with van der Waals surface area (Å²) < 4.78 is 0. The second kappa shape index (κ2) is 9.88. The van der Waals surface area contributed by atoms with Crippen molar-refractivity contribution >= 4 is 5.97 Å². The van der Waals surface area contributed by atoms with Crippen LogP contribution in [-0.4, -0.2) is 27.0 Å². The van der Waals surface area contributed by atoms with E-state index in [0.29, 0.717) is 6.42 Å². The lowest BCUT2D eigenvalue weighted by molar-refractivity contribution is -0.523. The Morgan fingerprint density at radius 1 is 1.30 bits per heavy atom. The molecule has 8 nitrogen and oxygen atoms in total. The van der Waals surface area contributed by atoms with E-state index in [2.05, 4.69) is 0 Å². The Kier molecular flexibility index (Phi) is 8.89. The van der Waals surface area contributed by atoms with E-state index in [9.17, 15) is 25.0 Å². The summed E-state index contributed by atoms with van der Waals surface area (Å²) in [6.45, 7) is 2.02. The third-order valence-electron chi connectivity index (χ3n) is 2.86. The lowest BCUT2D eigenvalue weighted by atomic mass is 10.1. The van der Waals surface area contributed by atoms with Crippen LogP contribution in [0.15, 0.2) is 11.8 Å². The maximum absolute atomic E-state index is 10.8. The number of aliphatic carboxylic acids is 1. The fraction of sp³-hybridized carbons (Fsp3) is 0.750. The van der Waals surface area contributed by atoms with Gasteiger partial charge in [-0.25, -0.2) is 0 Å². The minimum absolute atomic E-state index is 0.0710. The van der Waals surface area contributed by atoms with Crippen molar-refractivity contribution in [3.63, 3.8) is 0 Å². The minimum Gasteiger partial charge on any atom is -0.481 e. The average molecular weight is 288 g/mol. The molecule has 0 fully saturated rings. The molecular weight excluding hydrogens is 268 g/mol. The molecule has 8 heteroatoms. The Morgan fingerprint density at radius 3 is 2.40 bits per heavy atom. The van der Waals surface area contributed by atoms with Crippen LogP contribution in [0.1, 0.15) is 51.9 Å². The van der Waals surface area contributed by atoms with Gasteiger partial charge in [0.2, 0.25) is 11.7 Å². The molecule has 0 heterocycles. The maximum Gasteiger partial charge on any atom is 0.310 e. The van der Waals surface area contributed by atoms with Gasteiger partial charge in [-0.15, -0.1) is 0 Å². The van der Waals surface area contributed by atoms with Crippen molar-refractivity contribution in [1.29, 1.82) is 0 Å². The molecule has 20 heavy (non-hydrogen) atoms. The first-order valence-electron chi connectivity index (χ1n) is 6.57. The monoisotopic (exact) mass is 288 g/mol. The summed E-state index contributed by atoms with van der Waals surface area (Å²) in [4.78, 5) is 30.7. The number of unbranched alkanes of at least 4 members (excludes halogenated alkanes) is 3. The van der Waals surface area contributed by atoms with Crippen LogP contribution in [-0.2, 0) is 4.79 Å². The quantitative estimate of drug-likeness (QED) is 0.354. The predicted octanol–water partition coefficient (Wildman–Crippen LogP) is 2.63. The van der Waals surface area contributed by atoms with Crippen molar-refractivity contribution in [3.05, 3.63) is 32.0 Å². The van der Waals surface area contributed by atoms with Crippen LogP contribution in [0.3, 0.4) is 0 Å². The number of rotatable bonds is 11. The fourth-order valence-electron chi connectivity index (χ4n) is 1.73. The van der Waals surface area contributed by atoms with E-state index in [0.717, 1.165) is 19.3 Å². The third kappa shape index (κ3) is 8.17. The van der Waals surface area contributed by atoms with Crippen LogP contribution in [0.25, 0.3) is 0 Å². The second-order valence-electron chi connectivity index (χ2n) is 4.52. The summed E-state index contributed by atoms with van der Waals surface area (Å²) in [5, 5.41) is 30.0. The summed E-state index contributed by atoms with van der Waals surface area (Å²) in [6.07, 6.45) is 4.01. The largest absolute Gasteiger partial charge is 0.481 e. The number of hydrogen-bond acceptors (Lipinski definition) is 5. The third-order valence-corrected chi connectivity index (χ3v) is 2.86. The first-order chi connectivity index (χ1) is 9.38. The van der Waals surface area contributed by atoms with Gasteiger partial charge in [-0.05, 0) is 18.9 Å². The molecule has 0 spiro atoms. The van der Waals surface area contributed by atoms with Gasteiger partial charge in [0.05, 0.1) is 4.92 Å². The number of nitro groups is 2. The smallest absolute Gasteiger partial charge is 0.310 e. The van der Waals surface area contributed by atoms with Gasteiger partial charge in [0.1, 0.15) is 6.42 Å². The SMILES string of the molecule is CCCCC/C=C(\CCC(CC(=O)O)[N+](=O)[O-])[N+](=O)[O-]. The Morgan fingerprint density at radius 2 is 1.95 bits per heavy atom. The molecule has 1 N–H and O–H groups in total. The highest BCUT2D eigenvalue weighted by Gasteiger charge is 2.26. The van der Waals surface area contributed by atoms with Crippen LogP contribution >= 0.6 is 0 Å². The van der Waals surface area contributed by atoms with Crippen molar-refractivity contribution < 1.29 is 19.7 Å². The number of hydrogen-bond donors (Lipinski definition) is 1. The lowest BCUT2D eigenvalue weighted by Crippen LogP contribution is -2.23. The minimum atomic E-state index is -1.29. The van der Waals surface area contributed by atoms with Crippen molar-refractivity contribution in [1.82, 2.24) is 0 Å². The van der Waals surface area contributed by atoms with E-state index >= 15 is 0 Å². The number of carbonyl (C=O) groups is 1. The zero-order valence-electron chi connectivity index (χ0n) is 11.5. The van der Waals surface area contributed by atoms with Gasteiger partial charge in [-0.2, -0.15) is 0 Å². The standard InChI is InChI=1S/C12H20N2O6/c1-2-3-4-5-6-10(13(17)18)7-8-11(14(19)20)9-12(15)16/h6,11H,2-5,7-9H2,1H3,(H,15,16)/b10-6+. The molecule has 0 aliphatic carbocycles. The molecular formula is C12H20N2O6. The van der Waals surface area contributed by atoms with E-state index in [4.69, 9.17) is 5.11 Å². The molecule has 0 aromatic carbocycles. The summed E-state index contributed by atoms with van der Waals surface area (Å²) in [5.74, 6) is -1.28. The Labute approximate surface area is 116 Å². The molecule has 0 aromatic rings. The number of nitrogens with zero attached hydrogens (tertiary/aromatic N) is 2. The molecule has 114 valence electrons. The van der Waals surface area contributed by atoms with Gasteiger partial charge in [0.25, 0.3) is 0 Å². The molecule has 0 aliphatic heterocycles. The van der Waals surface area contributed by atoms with Gasteiger partial charge in [0, 0.05) is 17.8 Å². The van der Waals surface area contributed by atoms with E-state index in [-0.39, 0.29) is 18.5 Å². The fourth-order valence-corrected chi connectivity index (χ4v) is 1.73. The van der Waals surface area contributed by atoms with Gasteiger partial charge < -0.3 is 5.11 Å². The molecule has 1 atom stereocenters. The van der Waals surface area contributed by atoms with Crippen LogP contribution in [0.2, 0.25) is 0 Å². The zero-order chi connectivity index (χ0) is 15.5. The predicted molar refractivity (Wildman–Crippen MR) is 71.5 cm³/mol. The first kappa shape index (κ1) is 18.0. The highest BCUT2D eigenvalue weighted by atomic mass is 16.6. The van der Waals surface area contributed by atoms with Gasteiger partial charge in [-0.1, -0.05) is 19.8 Å². The van der Waals surface area contributed by atoms with Crippen LogP contribution < -0.4 is 0 Å². The molecule has 1 unspecified atom stereocenters. The van der Waals surface area contributed by atoms with Crippen LogP contribution in [0, 0.1) is 20.2 Å². The van der Waals surface area contributed by atoms with Crippen molar-refractivity contribution in [2.24, 2.45) is 0 Å². The summed E-state index contributed by atoms with van der Waals surface area (Å²) in [6, 6.07) is -1.29. The Bertz CT molecular complexity index is 380. The maximum atomic E-state index is 10.8. The molecule has 0 rings (SSSR count). The molecule has 0 bridgehead atoms. The number of allylic oxidation sites excluding steroid dienone is 2. The highest BCUT2D eigenvalue weighted by molar-refractivity contribution is 5.67. The number of carboxylic acid groups (broad SMARTS) is 1. The molecule has 0 radical (unpaired) electrons. The van der Waals surface area contributed by atoms with Gasteiger partial charge in [0.15, 0.2) is 0 Å². The Hall–Kier alpha value is -1.99. The molecule has 0 aliphatic rings. The zero-order valence-corrected chi connectivity index (χ0v) is 11.5. The second-order valence-corrected chi connectivity index (χ2v) is 4.52. The van der Waals surface area contributed by atoms with Crippen molar-refractivity contribution in [2.45, 2.75) is 57.9 Å². The van der Waals surface area contributed by atoms with E-state index < -0.39 is 28.3 Å². The van der Waals surface area contributed by atoms with Gasteiger partial charge >= 0.3 is 5.97 Å². The van der Waals surface area contributed by atoms with Crippen LogP contribution in [0.5, 0.6) is 0 Å². The van der Waals surface area contributed by atoms with E-state index in [1.165, 1.54) is 6.08 Å².